The predicted octanol–water partition coefficient (Wildman–Crippen LogP) is 3.70. The molecule has 20 heavy (non-hydrogen) atoms. The Bertz CT molecular complexity index is 498. The van der Waals surface area contributed by atoms with E-state index in [4.69, 9.17) is 0 Å². The standard InChI is InChI=1S/C16H23NO2S/c1-2-16(15(18)19)8-4-9-17(11-16)13-5-3-6-14-12(13)7-10-20-14/h7,10,13H,2-6,8-9,11H2,1H3,(H,18,19). The van der Waals surface area contributed by atoms with Gasteiger partial charge in [0.2, 0.25) is 0 Å². The fourth-order valence-corrected chi connectivity index (χ4v) is 4.87. The molecule has 1 N–H and O–H groups in total. The topological polar surface area (TPSA) is 40.5 Å². The Morgan fingerprint density at radius 2 is 2.40 bits per heavy atom. The highest BCUT2D eigenvalue weighted by Gasteiger charge is 2.43. The van der Waals surface area contributed by atoms with Crippen LogP contribution in [0.4, 0.5) is 0 Å². The van der Waals surface area contributed by atoms with E-state index >= 15 is 0 Å². The molecule has 1 fully saturated rings. The Labute approximate surface area is 124 Å². The number of aryl methyl sites for hydroxylation is 1. The second-order valence-electron chi connectivity index (χ2n) is 6.22. The lowest BCUT2D eigenvalue weighted by Gasteiger charge is -2.44. The van der Waals surface area contributed by atoms with E-state index in [1.54, 1.807) is 0 Å². The highest BCUT2D eigenvalue weighted by Crippen LogP contribution is 2.42. The zero-order valence-corrected chi connectivity index (χ0v) is 12.9. The van der Waals surface area contributed by atoms with Crippen molar-refractivity contribution < 1.29 is 9.90 Å². The number of carboxylic acids is 1. The van der Waals surface area contributed by atoms with Crippen molar-refractivity contribution in [2.24, 2.45) is 5.41 Å². The molecule has 2 heterocycles. The number of hydrogen-bond acceptors (Lipinski definition) is 3. The van der Waals surface area contributed by atoms with Gasteiger partial charge in [-0.25, -0.2) is 0 Å². The smallest absolute Gasteiger partial charge is 0.310 e. The van der Waals surface area contributed by atoms with Crippen molar-refractivity contribution in [1.29, 1.82) is 0 Å². The molecular weight excluding hydrogens is 270 g/mol. The molecule has 2 unspecified atom stereocenters. The molecule has 1 aromatic rings. The van der Waals surface area contributed by atoms with E-state index in [1.807, 2.05) is 18.3 Å². The lowest BCUT2D eigenvalue weighted by Crippen LogP contribution is -2.49. The third-order valence-electron chi connectivity index (χ3n) is 5.20. The van der Waals surface area contributed by atoms with E-state index in [1.165, 1.54) is 29.7 Å². The third-order valence-corrected chi connectivity index (χ3v) is 6.19. The average molecular weight is 293 g/mol. The number of piperidine rings is 1. The van der Waals surface area contributed by atoms with Gasteiger partial charge in [-0.15, -0.1) is 11.3 Å². The number of carbonyl (C=O) groups is 1. The number of nitrogens with zero attached hydrogens (tertiary/aromatic N) is 1. The number of carboxylic acid groups (broad SMARTS) is 1. The maximum atomic E-state index is 11.7. The second kappa shape index (κ2) is 5.49. The highest BCUT2D eigenvalue weighted by atomic mass is 32.1. The monoisotopic (exact) mass is 293 g/mol. The van der Waals surface area contributed by atoms with Crippen molar-refractivity contribution in [2.45, 2.75) is 51.5 Å². The van der Waals surface area contributed by atoms with E-state index < -0.39 is 11.4 Å². The van der Waals surface area contributed by atoms with Crippen LogP contribution in [-0.4, -0.2) is 29.1 Å². The van der Waals surface area contributed by atoms with Crippen molar-refractivity contribution in [3.8, 4) is 0 Å². The first kappa shape index (κ1) is 14.1. The number of thiophene rings is 1. The molecule has 1 aromatic heterocycles. The van der Waals surface area contributed by atoms with Crippen LogP contribution in [0.5, 0.6) is 0 Å². The molecule has 1 aliphatic heterocycles. The van der Waals surface area contributed by atoms with Gasteiger partial charge in [0.25, 0.3) is 0 Å². The number of aliphatic carboxylic acids is 1. The zero-order valence-electron chi connectivity index (χ0n) is 12.1. The quantitative estimate of drug-likeness (QED) is 0.923. The largest absolute Gasteiger partial charge is 0.481 e. The normalized spacial score (nSPS) is 30.9. The molecule has 4 heteroatoms. The summed E-state index contributed by atoms with van der Waals surface area (Å²) in [5, 5.41) is 11.8. The molecule has 1 saturated heterocycles. The van der Waals surface area contributed by atoms with Crippen molar-refractivity contribution in [3.05, 3.63) is 21.9 Å². The minimum atomic E-state index is -0.606. The predicted molar refractivity (Wildman–Crippen MR) is 81.2 cm³/mol. The van der Waals surface area contributed by atoms with Gasteiger partial charge in [-0.3, -0.25) is 9.69 Å². The van der Waals surface area contributed by atoms with E-state index in [0.717, 1.165) is 32.4 Å². The minimum absolute atomic E-state index is 0.454. The van der Waals surface area contributed by atoms with Gasteiger partial charge in [-0.1, -0.05) is 6.92 Å². The van der Waals surface area contributed by atoms with E-state index in [0.29, 0.717) is 6.04 Å². The Balaban J connectivity index is 1.83. The van der Waals surface area contributed by atoms with E-state index in [9.17, 15) is 9.90 Å². The zero-order chi connectivity index (χ0) is 14.2. The molecule has 0 bridgehead atoms. The molecule has 3 nitrogen and oxygen atoms in total. The number of rotatable bonds is 3. The van der Waals surface area contributed by atoms with Gasteiger partial charge < -0.3 is 5.11 Å². The summed E-state index contributed by atoms with van der Waals surface area (Å²) in [7, 11) is 0. The number of fused-ring (bicyclic) bond motifs is 1. The van der Waals surface area contributed by atoms with Crippen LogP contribution in [0.2, 0.25) is 0 Å². The molecule has 1 aliphatic carbocycles. The van der Waals surface area contributed by atoms with Gasteiger partial charge in [-0.2, -0.15) is 0 Å². The van der Waals surface area contributed by atoms with Crippen molar-refractivity contribution in [1.82, 2.24) is 4.90 Å². The number of hydrogen-bond donors (Lipinski definition) is 1. The van der Waals surface area contributed by atoms with Gasteiger partial charge >= 0.3 is 5.97 Å². The van der Waals surface area contributed by atoms with Crippen LogP contribution in [0.15, 0.2) is 11.4 Å². The highest BCUT2D eigenvalue weighted by molar-refractivity contribution is 7.10. The molecule has 110 valence electrons. The fourth-order valence-electron chi connectivity index (χ4n) is 3.89. The Morgan fingerprint density at radius 1 is 1.55 bits per heavy atom. The third kappa shape index (κ3) is 2.29. The van der Waals surface area contributed by atoms with Gasteiger partial charge in [0.05, 0.1) is 5.41 Å². The van der Waals surface area contributed by atoms with Crippen LogP contribution < -0.4 is 0 Å². The van der Waals surface area contributed by atoms with Crippen molar-refractivity contribution in [3.63, 3.8) is 0 Å². The first-order valence-corrected chi connectivity index (χ1v) is 8.58. The number of likely N-dealkylation sites (tertiary alicyclic amines) is 1. The molecule has 0 saturated carbocycles. The summed E-state index contributed by atoms with van der Waals surface area (Å²) >= 11 is 1.86. The second-order valence-corrected chi connectivity index (χ2v) is 7.22. The molecule has 0 amide bonds. The van der Waals surface area contributed by atoms with Crippen molar-refractivity contribution >= 4 is 17.3 Å². The minimum Gasteiger partial charge on any atom is -0.481 e. The molecule has 0 spiro atoms. The molecule has 3 rings (SSSR count). The van der Waals surface area contributed by atoms with Crippen LogP contribution in [0, 0.1) is 5.41 Å². The van der Waals surface area contributed by atoms with Gasteiger partial charge in [0.1, 0.15) is 0 Å². The SMILES string of the molecule is CCC1(C(=O)O)CCCN(C2CCCc3sccc32)C1. The maximum Gasteiger partial charge on any atom is 0.310 e. The first-order chi connectivity index (χ1) is 9.66. The lowest BCUT2D eigenvalue weighted by atomic mass is 9.76. The molecule has 2 aliphatic rings. The molecule has 2 atom stereocenters. The van der Waals surface area contributed by atoms with Crippen LogP contribution in [0.1, 0.15) is 55.5 Å². The van der Waals surface area contributed by atoms with Crippen molar-refractivity contribution in [2.75, 3.05) is 13.1 Å². The van der Waals surface area contributed by atoms with Gasteiger partial charge in [0, 0.05) is 17.5 Å². The van der Waals surface area contributed by atoms with E-state index in [2.05, 4.69) is 16.3 Å². The summed E-state index contributed by atoms with van der Waals surface area (Å²) in [5.41, 5.74) is 0.949. The molecule has 0 aromatic carbocycles. The molecular formula is C16H23NO2S. The van der Waals surface area contributed by atoms with Crippen LogP contribution in [-0.2, 0) is 11.2 Å². The summed E-state index contributed by atoms with van der Waals surface area (Å²) in [6.07, 6.45) is 6.20. The average Bonchev–Trinajstić information content (AvgIpc) is 2.95. The maximum absolute atomic E-state index is 11.7. The summed E-state index contributed by atoms with van der Waals surface area (Å²) in [6.45, 7) is 3.79. The summed E-state index contributed by atoms with van der Waals surface area (Å²) in [6, 6.07) is 2.71. The van der Waals surface area contributed by atoms with Crippen LogP contribution >= 0.6 is 11.3 Å². The lowest BCUT2D eigenvalue weighted by molar-refractivity contribution is -0.153. The van der Waals surface area contributed by atoms with Gasteiger partial charge in [0.15, 0.2) is 0 Å². The Hall–Kier alpha value is -0.870. The Morgan fingerprint density at radius 3 is 3.15 bits per heavy atom. The first-order valence-electron chi connectivity index (χ1n) is 7.70. The Kier molecular flexibility index (Phi) is 3.87. The summed E-state index contributed by atoms with van der Waals surface area (Å²) < 4.78 is 0. The molecule has 0 radical (unpaired) electrons. The van der Waals surface area contributed by atoms with Gasteiger partial charge in [-0.05, 0) is 62.1 Å². The fraction of sp³-hybridized carbons (Fsp3) is 0.688. The van der Waals surface area contributed by atoms with Crippen LogP contribution in [0.3, 0.4) is 0 Å². The van der Waals surface area contributed by atoms with E-state index in [-0.39, 0.29) is 0 Å². The van der Waals surface area contributed by atoms with Crippen LogP contribution in [0.25, 0.3) is 0 Å². The summed E-state index contributed by atoms with van der Waals surface area (Å²) in [5.74, 6) is -0.606. The summed E-state index contributed by atoms with van der Waals surface area (Å²) in [4.78, 5) is 15.7.